The number of alkyl halides is 3. The highest BCUT2D eigenvalue weighted by Gasteiger charge is 2.32. The normalized spacial score (nSPS) is 11.2. The molecule has 1 aromatic heterocycles. The van der Waals surface area contributed by atoms with Crippen LogP contribution in [-0.2, 0) is 6.54 Å². The van der Waals surface area contributed by atoms with E-state index in [4.69, 9.17) is 4.42 Å². The van der Waals surface area contributed by atoms with Crippen LogP contribution in [0.5, 0.6) is 5.75 Å². The van der Waals surface area contributed by atoms with Gasteiger partial charge in [-0.3, -0.25) is 4.79 Å². The van der Waals surface area contributed by atoms with Crippen LogP contribution in [0.25, 0.3) is 0 Å². The molecule has 112 valence electrons. The van der Waals surface area contributed by atoms with Gasteiger partial charge in [-0.1, -0.05) is 18.2 Å². The molecule has 1 aromatic carbocycles. The topological polar surface area (TPSA) is 51.5 Å². The molecule has 4 nitrogen and oxygen atoms in total. The fourth-order valence-electron chi connectivity index (χ4n) is 1.57. The highest BCUT2D eigenvalue weighted by molar-refractivity contribution is 9.10. The van der Waals surface area contributed by atoms with Gasteiger partial charge in [0.05, 0.1) is 0 Å². The molecule has 21 heavy (non-hydrogen) atoms. The Kier molecular flexibility index (Phi) is 4.56. The van der Waals surface area contributed by atoms with Crippen LogP contribution in [0.1, 0.15) is 16.1 Å². The molecular weight excluding hydrogens is 355 g/mol. The van der Waals surface area contributed by atoms with Crippen LogP contribution in [0, 0.1) is 0 Å². The molecule has 0 spiro atoms. The van der Waals surface area contributed by atoms with E-state index < -0.39 is 12.3 Å². The minimum absolute atomic E-state index is 0.0519. The van der Waals surface area contributed by atoms with Gasteiger partial charge in [0.25, 0.3) is 5.91 Å². The molecule has 2 rings (SSSR count). The maximum Gasteiger partial charge on any atom is 0.573 e. The van der Waals surface area contributed by atoms with E-state index in [0.717, 1.165) is 0 Å². The van der Waals surface area contributed by atoms with Crippen LogP contribution in [0.2, 0.25) is 0 Å². The predicted octanol–water partition coefficient (Wildman–Crippen LogP) is 3.87. The van der Waals surface area contributed by atoms with Crippen molar-refractivity contribution in [1.82, 2.24) is 5.32 Å². The first-order valence-electron chi connectivity index (χ1n) is 5.72. The Balaban J connectivity index is 2.05. The zero-order chi connectivity index (χ0) is 15.5. The van der Waals surface area contributed by atoms with Crippen molar-refractivity contribution in [2.75, 3.05) is 0 Å². The molecule has 0 saturated carbocycles. The van der Waals surface area contributed by atoms with E-state index in [-0.39, 0.29) is 23.6 Å². The van der Waals surface area contributed by atoms with Crippen molar-refractivity contribution >= 4 is 21.8 Å². The van der Waals surface area contributed by atoms with Crippen LogP contribution in [0.15, 0.2) is 45.5 Å². The fourth-order valence-corrected chi connectivity index (χ4v) is 1.88. The highest BCUT2D eigenvalue weighted by atomic mass is 79.9. The summed E-state index contributed by atoms with van der Waals surface area (Å²) in [5, 5.41) is 2.45. The summed E-state index contributed by atoms with van der Waals surface area (Å²) in [6.07, 6.45) is -4.79. The maximum absolute atomic E-state index is 12.3. The third-order valence-corrected chi connectivity index (χ3v) is 2.86. The van der Waals surface area contributed by atoms with Crippen LogP contribution in [0.3, 0.4) is 0 Å². The molecule has 1 heterocycles. The van der Waals surface area contributed by atoms with Crippen molar-refractivity contribution in [2.45, 2.75) is 12.9 Å². The second-order valence-corrected chi connectivity index (χ2v) is 4.72. The van der Waals surface area contributed by atoms with E-state index in [1.807, 2.05) is 0 Å². The van der Waals surface area contributed by atoms with Gasteiger partial charge in [0.1, 0.15) is 5.75 Å². The Morgan fingerprint density at radius 1 is 1.24 bits per heavy atom. The van der Waals surface area contributed by atoms with Gasteiger partial charge in [-0.25, -0.2) is 0 Å². The molecule has 2 aromatic rings. The predicted molar refractivity (Wildman–Crippen MR) is 70.7 cm³/mol. The van der Waals surface area contributed by atoms with Crippen molar-refractivity contribution in [3.05, 3.63) is 52.4 Å². The average Bonchev–Trinajstić information content (AvgIpc) is 2.82. The summed E-state index contributed by atoms with van der Waals surface area (Å²) in [4.78, 5) is 11.7. The zero-order valence-electron chi connectivity index (χ0n) is 10.4. The lowest BCUT2D eigenvalue weighted by molar-refractivity contribution is -0.274. The number of rotatable bonds is 4. The molecule has 0 unspecified atom stereocenters. The van der Waals surface area contributed by atoms with Crippen molar-refractivity contribution in [2.24, 2.45) is 0 Å². The highest BCUT2D eigenvalue weighted by Crippen LogP contribution is 2.26. The lowest BCUT2D eigenvalue weighted by Gasteiger charge is -2.13. The number of hydrogen-bond donors (Lipinski definition) is 1. The van der Waals surface area contributed by atoms with Crippen molar-refractivity contribution in [1.29, 1.82) is 0 Å². The first-order chi connectivity index (χ1) is 9.85. The number of benzene rings is 1. The van der Waals surface area contributed by atoms with E-state index in [0.29, 0.717) is 4.67 Å². The minimum atomic E-state index is -4.79. The summed E-state index contributed by atoms with van der Waals surface area (Å²) in [6.45, 7) is -0.122. The van der Waals surface area contributed by atoms with Gasteiger partial charge in [0.15, 0.2) is 10.4 Å². The van der Waals surface area contributed by atoms with Gasteiger partial charge in [-0.05, 0) is 34.1 Å². The summed E-state index contributed by atoms with van der Waals surface area (Å²) < 4.78 is 46.1. The van der Waals surface area contributed by atoms with Gasteiger partial charge in [-0.2, -0.15) is 0 Å². The number of carbonyl (C=O) groups is 1. The number of halogens is 4. The summed E-state index contributed by atoms with van der Waals surface area (Å²) >= 11 is 3.05. The second kappa shape index (κ2) is 6.21. The largest absolute Gasteiger partial charge is 0.573 e. The van der Waals surface area contributed by atoms with Gasteiger partial charge < -0.3 is 14.5 Å². The number of amides is 1. The lowest BCUT2D eigenvalue weighted by atomic mass is 10.2. The molecule has 0 radical (unpaired) electrons. The molecule has 0 fully saturated rings. The summed E-state index contributed by atoms with van der Waals surface area (Å²) in [6, 6.07) is 8.55. The Morgan fingerprint density at radius 3 is 2.57 bits per heavy atom. The molecule has 1 N–H and O–H groups in total. The summed E-state index contributed by atoms with van der Waals surface area (Å²) in [5.74, 6) is -0.843. The van der Waals surface area contributed by atoms with E-state index in [1.165, 1.54) is 30.3 Å². The Hall–Kier alpha value is -1.96. The Bertz CT molecular complexity index is 640. The molecule has 8 heteroatoms. The van der Waals surface area contributed by atoms with Gasteiger partial charge in [-0.15, -0.1) is 13.2 Å². The molecule has 0 aliphatic rings. The SMILES string of the molecule is O=C(NCc1ccccc1OC(F)(F)F)c1ccc(Br)o1. The van der Waals surface area contributed by atoms with E-state index >= 15 is 0 Å². The average molecular weight is 364 g/mol. The summed E-state index contributed by atoms with van der Waals surface area (Å²) in [7, 11) is 0. The molecule has 0 atom stereocenters. The van der Waals surface area contributed by atoms with Crippen LogP contribution >= 0.6 is 15.9 Å². The Labute approximate surface area is 126 Å². The molecule has 0 aliphatic carbocycles. The number of carbonyl (C=O) groups excluding carboxylic acids is 1. The van der Waals surface area contributed by atoms with E-state index in [9.17, 15) is 18.0 Å². The number of nitrogens with one attached hydrogen (secondary N) is 1. The summed E-state index contributed by atoms with van der Waals surface area (Å²) in [5.41, 5.74) is 0.203. The second-order valence-electron chi connectivity index (χ2n) is 3.94. The number of furan rings is 1. The van der Waals surface area contributed by atoms with Crippen LogP contribution in [0.4, 0.5) is 13.2 Å². The Morgan fingerprint density at radius 2 is 1.95 bits per heavy atom. The molecular formula is C13H9BrF3NO3. The van der Waals surface area contributed by atoms with E-state index in [1.54, 1.807) is 6.07 Å². The smallest absolute Gasteiger partial charge is 0.444 e. The first kappa shape index (κ1) is 15.4. The minimum Gasteiger partial charge on any atom is -0.444 e. The van der Waals surface area contributed by atoms with Gasteiger partial charge in [0, 0.05) is 12.1 Å². The van der Waals surface area contributed by atoms with E-state index in [2.05, 4.69) is 26.0 Å². The third-order valence-electron chi connectivity index (χ3n) is 2.43. The molecule has 0 saturated heterocycles. The first-order valence-corrected chi connectivity index (χ1v) is 6.51. The lowest BCUT2D eigenvalue weighted by Crippen LogP contribution is -2.24. The maximum atomic E-state index is 12.3. The van der Waals surface area contributed by atoms with Crippen molar-refractivity contribution in [3.8, 4) is 5.75 Å². The number of para-hydroxylation sites is 1. The number of hydrogen-bond acceptors (Lipinski definition) is 3. The van der Waals surface area contributed by atoms with Crippen LogP contribution in [-0.4, -0.2) is 12.3 Å². The van der Waals surface area contributed by atoms with Gasteiger partial charge in [0.2, 0.25) is 0 Å². The molecule has 0 aliphatic heterocycles. The van der Waals surface area contributed by atoms with Gasteiger partial charge >= 0.3 is 6.36 Å². The van der Waals surface area contributed by atoms with Crippen molar-refractivity contribution < 1.29 is 27.1 Å². The zero-order valence-corrected chi connectivity index (χ0v) is 12.0. The standard InChI is InChI=1S/C13H9BrF3NO3/c14-11-6-5-10(20-11)12(19)18-7-8-3-1-2-4-9(8)21-13(15,16)17/h1-6H,7H2,(H,18,19). The number of ether oxygens (including phenoxy) is 1. The monoisotopic (exact) mass is 363 g/mol. The van der Waals surface area contributed by atoms with Crippen molar-refractivity contribution in [3.63, 3.8) is 0 Å². The molecule has 0 bridgehead atoms. The van der Waals surface area contributed by atoms with Crippen LogP contribution < -0.4 is 10.1 Å². The fraction of sp³-hybridized carbons (Fsp3) is 0.154. The molecule has 1 amide bonds. The quantitative estimate of drug-likeness (QED) is 0.896. The third kappa shape index (κ3) is 4.52.